The number of aromatic amines is 1. The van der Waals surface area contributed by atoms with E-state index in [2.05, 4.69) is 14.7 Å². The molecule has 0 aliphatic heterocycles. The normalized spacial score (nSPS) is 9.88. The number of ether oxygens (including phenoxy) is 2. The van der Waals surface area contributed by atoms with Gasteiger partial charge in [-0.2, -0.15) is 0 Å². The molecule has 0 aromatic carbocycles. The molecule has 88 valence electrons. The van der Waals surface area contributed by atoms with Crippen LogP contribution >= 0.6 is 11.8 Å². The maximum Gasteiger partial charge on any atom is 0.356 e. The van der Waals surface area contributed by atoms with E-state index in [1.165, 1.54) is 13.3 Å². The fraction of sp³-hybridized carbons (Fsp3) is 0.444. The van der Waals surface area contributed by atoms with E-state index in [-0.39, 0.29) is 17.4 Å². The smallest absolute Gasteiger partial charge is 0.356 e. The Morgan fingerprint density at radius 1 is 1.56 bits per heavy atom. The molecule has 0 saturated heterocycles. The molecule has 1 heterocycles. The molecule has 0 unspecified atom stereocenters. The highest BCUT2D eigenvalue weighted by Crippen LogP contribution is 2.14. The lowest BCUT2D eigenvalue weighted by Gasteiger charge is -1.97. The summed E-state index contributed by atoms with van der Waals surface area (Å²) in [5.74, 6) is -0.661. The maximum absolute atomic E-state index is 11.3. The minimum absolute atomic E-state index is 0.145. The number of carbonyl (C=O) groups is 2. The molecule has 0 radical (unpaired) electrons. The van der Waals surface area contributed by atoms with Crippen molar-refractivity contribution in [3.63, 3.8) is 0 Å². The zero-order valence-corrected chi connectivity index (χ0v) is 9.80. The largest absolute Gasteiger partial charge is 0.468 e. The number of aromatic nitrogens is 2. The first-order valence-corrected chi connectivity index (χ1v) is 5.57. The van der Waals surface area contributed by atoms with Crippen LogP contribution in [0, 0.1) is 0 Å². The van der Waals surface area contributed by atoms with Crippen LogP contribution in [0.4, 0.5) is 0 Å². The van der Waals surface area contributed by atoms with E-state index in [4.69, 9.17) is 4.74 Å². The first kappa shape index (κ1) is 12.6. The summed E-state index contributed by atoms with van der Waals surface area (Å²) in [5, 5.41) is 0.480. The van der Waals surface area contributed by atoms with Crippen molar-refractivity contribution in [1.29, 1.82) is 0 Å². The first-order valence-electron chi connectivity index (χ1n) is 4.59. The molecule has 0 saturated carbocycles. The van der Waals surface area contributed by atoms with Crippen LogP contribution < -0.4 is 0 Å². The number of rotatable bonds is 5. The van der Waals surface area contributed by atoms with E-state index in [0.29, 0.717) is 11.8 Å². The molecular weight excluding hydrogens is 232 g/mol. The van der Waals surface area contributed by atoms with E-state index in [1.54, 1.807) is 6.92 Å². The van der Waals surface area contributed by atoms with Gasteiger partial charge in [0.2, 0.25) is 0 Å². The molecule has 16 heavy (non-hydrogen) atoms. The summed E-state index contributed by atoms with van der Waals surface area (Å²) in [4.78, 5) is 28.8. The monoisotopic (exact) mass is 244 g/mol. The second kappa shape index (κ2) is 6.16. The number of hydrogen-bond acceptors (Lipinski definition) is 6. The van der Waals surface area contributed by atoms with Crippen LogP contribution in [0.25, 0.3) is 0 Å². The van der Waals surface area contributed by atoms with Crippen molar-refractivity contribution in [3.05, 3.63) is 11.9 Å². The van der Waals surface area contributed by atoms with Gasteiger partial charge in [-0.05, 0) is 6.92 Å². The lowest BCUT2D eigenvalue weighted by Crippen LogP contribution is -2.05. The molecule has 0 fully saturated rings. The zero-order valence-electron chi connectivity index (χ0n) is 8.98. The summed E-state index contributed by atoms with van der Waals surface area (Å²) in [6.45, 7) is 2.03. The Kier molecular flexibility index (Phi) is 4.84. The Bertz CT molecular complexity index is 377. The second-order valence-corrected chi connectivity index (χ2v) is 3.65. The van der Waals surface area contributed by atoms with Gasteiger partial charge < -0.3 is 14.5 Å². The molecule has 1 N–H and O–H groups in total. The highest BCUT2D eigenvalue weighted by molar-refractivity contribution is 7.99. The maximum atomic E-state index is 11.3. The molecular formula is C9H12N2O4S. The van der Waals surface area contributed by atoms with Gasteiger partial charge in [-0.3, -0.25) is 4.79 Å². The average molecular weight is 244 g/mol. The predicted octanol–water partition coefficient (Wildman–Crippen LogP) is 0.851. The topological polar surface area (TPSA) is 81.3 Å². The molecule has 0 spiro atoms. The van der Waals surface area contributed by atoms with Crippen molar-refractivity contribution in [2.75, 3.05) is 19.5 Å². The second-order valence-electron chi connectivity index (χ2n) is 2.69. The fourth-order valence-electron chi connectivity index (χ4n) is 0.875. The first-order chi connectivity index (χ1) is 7.67. The Hall–Kier alpha value is -1.50. The van der Waals surface area contributed by atoms with Crippen LogP contribution in [0.2, 0.25) is 0 Å². The summed E-state index contributed by atoms with van der Waals surface area (Å²) < 4.78 is 9.25. The van der Waals surface area contributed by atoms with Crippen LogP contribution in [0.1, 0.15) is 17.4 Å². The summed E-state index contributed by atoms with van der Waals surface area (Å²) in [6, 6.07) is 0. The van der Waals surface area contributed by atoms with E-state index >= 15 is 0 Å². The van der Waals surface area contributed by atoms with Gasteiger partial charge in [0.15, 0.2) is 5.16 Å². The minimum atomic E-state index is -0.458. The molecule has 0 aliphatic carbocycles. The quantitative estimate of drug-likeness (QED) is 0.611. The number of nitrogens with one attached hydrogen (secondary N) is 1. The van der Waals surface area contributed by atoms with Gasteiger partial charge in [-0.25, -0.2) is 9.78 Å². The number of H-pyrrole nitrogens is 1. The highest BCUT2D eigenvalue weighted by Gasteiger charge is 2.11. The van der Waals surface area contributed by atoms with Gasteiger partial charge in [0.25, 0.3) is 0 Å². The zero-order chi connectivity index (χ0) is 12.0. The molecule has 1 rings (SSSR count). The Balaban J connectivity index is 2.51. The average Bonchev–Trinajstić information content (AvgIpc) is 2.75. The number of imidazole rings is 1. The third kappa shape index (κ3) is 3.58. The number of thioether (sulfide) groups is 1. The van der Waals surface area contributed by atoms with Crippen LogP contribution in [0.15, 0.2) is 11.4 Å². The molecule has 1 aromatic rings. The van der Waals surface area contributed by atoms with Gasteiger partial charge in [0.05, 0.1) is 25.7 Å². The fourth-order valence-corrected chi connectivity index (χ4v) is 1.56. The molecule has 0 atom stereocenters. The summed E-state index contributed by atoms with van der Waals surface area (Å²) in [5.41, 5.74) is 0.272. The SMILES string of the molecule is CCOC(=O)c1cnc(SCC(=O)OC)[nH]1. The van der Waals surface area contributed by atoms with Crippen molar-refractivity contribution >= 4 is 23.7 Å². The Morgan fingerprint density at radius 3 is 2.94 bits per heavy atom. The van der Waals surface area contributed by atoms with Crippen LogP contribution in [-0.4, -0.2) is 41.4 Å². The van der Waals surface area contributed by atoms with Crippen molar-refractivity contribution in [3.8, 4) is 0 Å². The van der Waals surface area contributed by atoms with E-state index in [0.717, 1.165) is 11.8 Å². The number of methoxy groups -OCH3 is 1. The van der Waals surface area contributed by atoms with Crippen LogP contribution in [0.3, 0.4) is 0 Å². The van der Waals surface area contributed by atoms with Crippen molar-refractivity contribution in [1.82, 2.24) is 9.97 Å². The summed E-state index contributed by atoms with van der Waals surface area (Å²) >= 11 is 1.16. The predicted molar refractivity (Wildman–Crippen MR) is 57.3 cm³/mol. The Morgan fingerprint density at radius 2 is 2.31 bits per heavy atom. The van der Waals surface area contributed by atoms with Crippen LogP contribution in [0.5, 0.6) is 0 Å². The lowest BCUT2D eigenvalue weighted by atomic mass is 10.5. The summed E-state index contributed by atoms with van der Waals surface area (Å²) in [6.07, 6.45) is 1.37. The molecule has 0 bridgehead atoms. The number of hydrogen-bond donors (Lipinski definition) is 1. The molecule has 0 amide bonds. The minimum Gasteiger partial charge on any atom is -0.468 e. The van der Waals surface area contributed by atoms with Crippen molar-refractivity contribution in [2.45, 2.75) is 12.1 Å². The summed E-state index contributed by atoms with van der Waals surface area (Å²) in [7, 11) is 1.31. The number of esters is 2. The Labute approximate surface area is 96.7 Å². The molecule has 1 aromatic heterocycles. The van der Waals surface area contributed by atoms with Crippen molar-refractivity contribution in [2.24, 2.45) is 0 Å². The highest BCUT2D eigenvalue weighted by atomic mass is 32.2. The number of nitrogens with zero attached hydrogens (tertiary/aromatic N) is 1. The third-order valence-corrected chi connectivity index (χ3v) is 2.46. The van der Waals surface area contributed by atoms with Crippen molar-refractivity contribution < 1.29 is 19.1 Å². The van der Waals surface area contributed by atoms with E-state index < -0.39 is 5.97 Å². The molecule has 6 nitrogen and oxygen atoms in total. The van der Waals surface area contributed by atoms with Gasteiger partial charge >= 0.3 is 11.9 Å². The molecule has 0 aliphatic rings. The standard InChI is InChI=1S/C9H12N2O4S/c1-3-15-8(13)6-4-10-9(11-6)16-5-7(12)14-2/h4H,3,5H2,1-2H3,(H,10,11). The number of carbonyl (C=O) groups excluding carboxylic acids is 2. The van der Waals surface area contributed by atoms with Crippen LogP contribution in [-0.2, 0) is 14.3 Å². The van der Waals surface area contributed by atoms with E-state index in [1.807, 2.05) is 0 Å². The van der Waals surface area contributed by atoms with Gasteiger partial charge in [0, 0.05) is 0 Å². The lowest BCUT2D eigenvalue weighted by molar-refractivity contribution is -0.137. The molecule has 7 heteroatoms. The van der Waals surface area contributed by atoms with E-state index in [9.17, 15) is 9.59 Å². The van der Waals surface area contributed by atoms with Gasteiger partial charge in [-0.15, -0.1) is 0 Å². The van der Waals surface area contributed by atoms with Gasteiger partial charge in [0.1, 0.15) is 5.69 Å². The van der Waals surface area contributed by atoms with Gasteiger partial charge in [-0.1, -0.05) is 11.8 Å². The third-order valence-electron chi connectivity index (χ3n) is 1.60.